The average molecular weight is 282 g/mol. The van der Waals surface area contributed by atoms with E-state index in [1.54, 1.807) is 6.21 Å². The molecular weight excluding hydrogens is 273 g/mol. The summed E-state index contributed by atoms with van der Waals surface area (Å²) in [5, 5.41) is 4.36. The van der Waals surface area contributed by atoms with Crippen LogP contribution in [0.15, 0.2) is 41.5 Å². The Morgan fingerprint density at radius 3 is 2.61 bits per heavy atom. The number of nitrogens with zero attached hydrogens (tertiary/aromatic N) is 1. The molecule has 18 heavy (non-hydrogen) atoms. The van der Waals surface area contributed by atoms with E-state index in [4.69, 9.17) is 23.2 Å². The number of rotatable bonds is 3. The maximum atomic E-state index is 11.6. The average Bonchev–Trinajstić information content (AvgIpc) is 2.71. The number of benzene rings is 1. The molecule has 0 atom stereocenters. The van der Waals surface area contributed by atoms with E-state index in [0.29, 0.717) is 5.02 Å². The second-order valence-corrected chi connectivity index (χ2v) is 4.24. The van der Waals surface area contributed by atoms with Gasteiger partial charge >= 0.3 is 0 Å². The molecule has 2 rings (SSSR count). The van der Waals surface area contributed by atoms with Crippen LogP contribution in [0.25, 0.3) is 0 Å². The van der Waals surface area contributed by atoms with Gasteiger partial charge in [0.05, 0.1) is 11.2 Å². The molecule has 0 saturated heterocycles. The number of nitrogens with one attached hydrogen (secondary N) is 2. The van der Waals surface area contributed by atoms with Crippen molar-refractivity contribution in [3.05, 3.63) is 57.8 Å². The van der Waals surface area contributed by atoms with E-state index in [9.17, 15) is 4.79 Å². The maximum absolute atomic E-state index is 11.6. The van der Waals surface area contributed by atoms with Crippen LogP contribution in [0, 0.1) is 0 Å². The predicted octanol–water partition coefficient (Wildman–Crippen LogP) is 3.09. The van der Waals surface area contributed by atoms with E-state index in [2.05, 4.69) is 15.5 Å². The highest BCUT2D eigenvalue weighted by molar-refractivity contribution is 6.41. The predicted molar refractivity (Wildman–Crippen MR) is 72.3 cm³/mol. The second kappa shape index (κ2) is 5.71. The molecule has 1 heterocycles. The van der Waals surface area contributed by atoms with Crippen LogP contribution in [0.4, 0.5) is 0 Å². The first-order valence-corrected chi connectivity index (χ1v) is 5.85. The van der Waals surface area contributed by atoms with Gasteiger partial charge in [-0.25, -0.2) is 5.43 Å². The van der Waals surface area contributed by atoms with Gasteiger partial charge < -0.3 is 4.98 Å². The van der Waals surface area contributed by atoms with Crippen molar-refractivity contribution < 1.29 is 4.79 Å². The van der Waals surface area contributed by atoms with Crippen molar-refractivity contribution in [2.24, 2.45) is 5.10 Å². The fourth-order valence-electron chi connectivity index (χ4n) is 1.29. The summed E-state index contributed by atoms with van der Waals surface area (Å²) in [5.41, 5.74) is 3.52. The standard InChI is InChI=1S/C12H9Cl2N3O/c13-9-6-10(16-11(9)14)12(18)17-15-7-8-4-2-1-3-5-8/h1-7,16H,(H,17,18)/b15-7+. The number of carbonyl (C=O) groups excluding carboxylic acids is 1. The first-order valence-electron chi connectivity index (χ1n) is 5.09. The van der Waals surface area contributed by atoms with Crippen LogP contribution in [0.5, 0.6) is 0 Å². The molecule has 2 aromatic rings. The minimum atomic E-state index is -0.406. The molecule has 0 aliphatic carbocycles. The number of aromatic nitrogens is 1. The number of hydrazone groups is 1. The Balaban J connectivity index is 1.98. The van der Waals surface area contributed by atoms with Crippen molar-refractivity contribution in [3.8, 4) is 0 Å². The number of amides is 1. The molecule has 0 aliphatic rings. The van der Waals surface area contributed by atoms with Gasteiger partial charge in [-0.2, -0.15) is 5.10 Å². The summed E-state index contributed by atoms with van der Waals surface area (Å²) in [6.07, 6.45) is 1.55. The number of hydrogen-bond donors (Lipinski definition) is 2. The lowest BCUT2D eigenvalue weighted by Gasteiger charge is -1.96. The van der Waals surface area contributed by atoms with E-state index >= 15 is 0 Å². The third-order valence-electron chi connectivity index (χ3n) is 2.15. The topological polar surface area (TPSA) is 57.2 Å². The normalized spacial score (nSPS) is 10.8. The first-order chi connectivity index (χ1) is 8.66. The van der Waals surface area contributed by atoms with Gasteiger partial charge in [-0.15, -0.1) is 0 Å². The summed E-state index contributed by atoms with van der Waals surface area (Å²) in [5.74, 6) is -0.406. The molecule has 6 heteroatoms. The molecule has 0 unspecified atom stereocenters. The molecule has 1 aromatic heterocycles. The highest BCUT2D eigenvalue weighted by Gasteiger charge is 2.10. The van der Waals surface area contributed by atoms with E-state index in [-0.39, 0.29) is 10.8 Å². The molecule has 1 amide bonds. The summed E-state index contributed by atoms with van der Waals surface area (Å²) >= 11 is 11.4. The van der Waals surface area contributed by atoms with Crippen molar-refractivity contribution in [2.75, 3.05) is 0 Å². The van der Waals surface area contributed by atoms with Crippen LogP contribution < -0.4 is 5.43 Å². The van der Waals surface area contributed by atoms with E-state index in [0.717, 1.165) is 5.56 Å². The molecular formula is C12H9Cl2N3O. The molecule has 0 fully saturated rings. The Bertz CT molecular complexity index is 559. The van der Waals surface area contributed by atoms with Crippen LogP contribution in [0.1, 0.15) is 16.1 Å². The first kappa shape index (κ1) is 12.7. The molecule has 4 nitrogen and oxygen atoms in total. The van der Waals surface area contributed by atoms with Gasteiger partial charge in [-0.05, 0) is 11.6 Å². The molecule has 0 aliphatic heterocycles. The fourth-order valence-corrected chi connectivity index (χ4v) is 1.60. The highest BCUT2D eigenvalue weighted by Crippen LogP contribution is 2.21. The van der Waals surface area contributed by atoms with Crippen LogP contribution in [-0.2, 0) is 0 Å². The Kier molecular flexibility index (Phi) is 4.02. The number of carbonyl (C=O) groups is 1. The lowest BCUT2D eigenvalue weighted by Crippen LogP contribution is -2.17. The van der Waals surface area contributed by atoms with Crippen molar-refractivity contribution in [3.63, 3.8) is 0 Å². The molecule has 0 saturated carbocycles. The lowest BCUT2D eigenvalue weighted by atomic mass is 10.2. The van der Waals surface area contributed by atoms with Gasteiger partial charge in [0.25, 0.3) is 5.91 Å². The summed E-state index contributed by atoms with van der Waals surface area (Å²) in [4.78, 5) is 14.3. The van der Waals surface area contributed by atoms with E-state index in [1.807, 2.05) is 30.3 Å². The number of aromatic amines is 1. The summed E-state index contributed by atoms with van der Waals surface area (Å²) in [6, 6.07) is 10.9. The van der Waals surface area contributed by atoms with Crippen LogP contribution in [0.2, 0.25) is 10.2 Å². The molecule has 0 radical (unpaired) electrons. The van der Waals surface area contributed by atoms with Gasteiger partial charge in [0.2, 0.25) is 0 Å². The summed E-state index contributed by atoms with van der Waals surface area (Å²) < 4.78 is 0. The van der Waals surface area contributed by atoms with Gasteiger partial charge in [0, 0.05) is 0 Å². The van der Waals surface area contributed by atoms with Gasteiger partial charge in [-0.1, -0.05) is 53.5 Å². The van der Waals surface area contributed by atoms with Gasteiger partial charge in [0.1, 0.15) is 10.8 Å². The zero-order chi connectivity index (χ0) is 13.0. The molecule has 0 bridgehead atoms. The number of hydrogen-bond acceptors (Lipinski definition) is 2. The third-order valence-corrected chi connectivity index (χ3v) is 2.84. The monoisotopic (exact) mass is 281 g/mol. The SMILES string of the molecule is O=C(N/N=C/c1ccccc1)c1cc(Cl)c(Cl)[nH]1. The van der Waals surface area contributed by atoms with Crippen LogP contribution in [-0.4, -0.2) is 17.1 Å². The maximum Gasteiger partial charge on any atom is 0.287 e. The number of halogens is 2. The van der Waals surface area contributed by atoms with E-state index < -0.39 is 5.91 Å². The molecule has 0 spiro atoms. The van der Waals surface area contributed by atoms with Gasteiger partial charge in [-0.3, -0.25) is 4.79 Å². The number of H-pyrrole nitrogens is 1. The minimum Gasteiger partial charge on any atom is -0.340 e. The van der Waals surface area contributed by atoms with Gasteiger partial charge in [0.15, 0.2) is 0 Å². The fraction of sp³-hybridized carbons (Fsp3) is 0. The van der Waals surface area contributed by atoms with Crippen molar-refractivity contribution in [1.82, 2.24) is 10.4 Å². The molecule has 92 valence electrons. The van der Waals surface area contributed by atoms with E-state index in [1.165, 1.54) is 6.07 Å². The lowest BCUT2D eigenvalue weighted by molar-refractivity contribution is 0.0951. The summed E-state index contributed by atoms with van der Waals surface area (Å²) in [7, 11) is 0. The zero-order valence-corrected chi connectivity index (χ0v) is 10.7. The van der Waals surface area contributed by atoms with Crippen LogP contribution >= 0.6 is 23.2 Å². The van der Waals surface area contributed by atoms with Crippen LogP contribution in [0.3, 0.4) is 0 Å². The minimum absolute atomic E-state index is 0.230. The Labute approximate surface area is 114 Å². The molecule has 2 N–H and O–H groups in total. The third kappa shape index (κ3) is 3.12. The summed E-state index contributed by atoms with van der Waals surface area (Å²) in [6.45, 7) is 0. The Hall–Kier alpha value is -1.78. The Morgan fingerprint density at radius 1 is 1.28 bits per heavy atom. The zero-order valence-electron chi connectivity index (χ0n) is 9.15. The quantitative estimate of drug-likeness (QED) is 0.659. The van der Waals surface area contributed by atoms with Crippen molar-refractivity contribution >= 4 is 35.3 Å². The van der Waals surface area contributed by atoms with Crippen molar-refractivity contribution in [1.29, 1.82) is 0 Å². The highest BCUT2D eigenvalue weighted by atomic mass is 35.5. The largest absolute Gasteiger partial charge is 0.340 e. The molecule has 1 aromatic carbocycles. The Morgan fingerprint density at radius 2 is 2.00 bits per heavy atom. The van der Waals surface area contributed by atoms with Crippen molar-refractivity contribution in [2.45, 2.75) is 0 Å². The second-order valence-electron chi connectivity index (χ2n) is 3.45. The smallest absolute Gasteiger partial charge is 0.287 e.